The third kappa shape index (κ3) is 7.20. The monoisotopic (exact) mass is 230 g/mol. The standard InChI is InChI=1S/C10H16O2.C2H3Cl/c1-8(10(11)12)7-9-5-3-2-4-6-9;1-2-3/h7,9H,2-6H2,1H3,(H,11,12);2H,1H2. The Morgan fingerprint density at radius 1 is 1.40 bits per heavy atom. The summed E-state index contributed by atoms with van der Waals surface area (Å²) in [6.07, 6.45) is 8.09. The van der Waals surface area contributed by atoms with Crippen molar-refractivity contribution in [1.82, 2.24) is 0 Å². The maximum atomic E-state index is 10.5. The van der Waals surface area contributed by atoms with E-state index >= 15 is 0 Å². The lowest BCUT2D eigenvalue weighted by Gasteiger charge is -2.18. The zero-order valence-electron chi connectivity index (χ0n) is 9.21. The van der Waals surface area contributed by atoms with Gasteiger partial charge in [-0.2, -0.15) is 0 Å². The lowest BCUT2D eigenvalue weighted by atomic mass is 9.88. The van der Waals surface area contributed by atoms with Crippen LogP contribution in [-0.2, 0) is 4.79 Å². The second-order valence-corrected chi connectivity index (χ2v) is 4.02. The molecule has 15 heavy (non-hydrogen) atoms. The van der Waals surface area contributed by atoms with Crippen LogP contribution in [0.25, 0.3) is 0 Å². The molecule has 0 aromatic carbocycles. The first kappa shape index (κ1) is 14.2. The largest absolute Gasteiger partial charge is 0.478 e. The molecule has 3 heteroatoms. The predicted molar refractivity (Wildman–Crippen MR) is 64.0 cm³/mol. The Morgan fingerprint density at radius 2 is 1.87 bits per heavy atom. The van der Waals surface area contributed by atoms with Crippen molar-refractivity contribution in [3.8, 4) is 0 Å². The fourth-order valence-corrected chi connectivity index (χ4v) is 1.73. The molecule has 0 aliphatic heterocycles. The van der Waals surface area contributed by atoms with Gasteiger partial charge >= 0.3 is 5.97 Å². The van der Waals surface area contributed by atoms with Gasteiger partial charge in [-0.25, -0.2) is 4.79 Å². The molecule has 0 bridgehead atoms. The van der Waals surface area contributed by atoms with Crippen molar-refractivity contribution in [1.29, 1.82) is 0 Å². The summed E-state index contributed by atoms with van der Waals surface area (Å²) in [5, 5.41) is 8.64. The molecule has 1 fully saturated rings. The van der Waals surface area contributed by atoms with Crippen molar-refractivity contribution in [3.05, 3.63) is 23.8 Å². The Balaban J connectivity index is 0.000000583. The van der Waals surface area contributed by atoms with Crippen molar-refractivity contribution in [2.75, 3.05) is 0 Å². The van der Waals surface area contributed by atoms with Crippen LogP contribution >= 0.6 is 11.6 Å². The molecule has 0 saturated heterocycles. The summed E-state index contributed by atoms with van der Waals surface area (Å²) in [5.74, 6) is -0.254. The van der Waals surface area contributed by atoms with E-state index in [9.17, 15) is 4.79 Å². The van der Waals surface area contributed by atoms with Crippen molar-refractivity contribution in [3.63, 3.8) is 0 Å². The molecule has 0 heterocycles. The Hall–Kier alpha value is -0.760. The Bertz CT molecular complexity index is 228. The van der Waals surface area contributed by atoms with Gasteiger partial charge in [-0.1, -0.05) is 43.5 Å². The average Bonchev–Trinajstić information content (AvgIpc) is 2.20. The number of carbonyl (C=O) groups is 1. The van der Waals surface area contributed by atoms with Crippen LogP contribution in [0.1, 0.15) is 39.0 Å². The third-order valence-electron chi connectivity index (χ3n) is 2.47. The van der Waals surface area contributed by atoms with Crippen LogP contribution < -0.4 is 0 Å². The van der Waals surface area contributed by atoms with Gasteiger partial charge in [-0.15, -0.1) is 0 Å². The van der Waals surface area contributed by atoms with Gasteiger partial charge < -0.3 is 5.11 Å². The van der Waals surface area contributed by atoms with Crippen LogP contribution in [0.5, 0.6) is 0 Å². The minimum atomic E-state index is -0.777. The first-order valence-corrected chi connectivity index (χ1v) is 5.68. The second-order valence-electron chi connectivity index (χ2n) is 3.71. The minimum absolute atomic E-state index is 0.502. The molecule has 1 rings (SSSR count). The Morgan fingerprint density at radius 3 is 2.27 bits per heavy atom. The lowest BCUT2D eigenvalue weighted by molar-refractivity contribution is -0.132. The van der Waals surface area contributed by atoms with Gasteiger partial charge in [0.05, 0.1) is 0 Å². The maximum absolute atomic E-state index is 10.5. The molecule has 0 unspecified atom stereocenters. The number of allylic oxidation sites excluding steroid dienone is 1. The Labute approximate surface area is 96.6 Å². The maximum Gasteiger partial charge on any atom is 0.330 e. The highest BCUT2D eigenvalue weighted by atomic mass is 35.5. The van der Waals surface area contributed by atoms with Gasteiger partial charge in [-0.05, 0) is 31.2 Å². The second kappa shape index (κ2) is 8.54. The summed E-state index contributed by atoms with van der Waals surface area (Å²) in [6.45, 7) is 4.80. The van der Waals surface area contributed by atoms with Gasteiger partial charge in [0, 0.05) is 5.57 Å². The molecule has 0 aromatic heterocycles. The highest BCUT2D eigenvalue weighted by molar-refractivity contribution is 6.25. The molecule has 0 aromatic rings. The van der Waals surface area contributed by atoms with E-state index in [0.717, 1.165) is 0 Å². The summed E-state index contributed by atoms with van der Waals surface area (Å²) in [7, 11) is 0. The number of rotatable bonds is 2. The van der Waals surface area contributed by atoms with Crippen molar-refractivity contribution in [2.24, 2.45) is 5.92 Å². The van der Waals surface area contributed by atoms with E-state index in [0.29, 0.717) is 11.5 Å². The van der Waals surface area contributed by atoms with Crippen molar-refractivity contribution >= 4 is 17.6 Å². The number of aliphatic carboxylic acids is 1. The average molecular weight is 231 g/mol. The fourth-order valence-electron chi connectivity index (χ4n) is 1.73. The third-order valence-corrected chi connectivity index (χ3v) is 2.47. The number of hydrogen-bond acceptors (Lipinski definition) is 1. The van der Waals surface area contributed by atoms with E-state index in [-0.39, 0.29) is 0 Å². The fraction of sp³-hybridized carbons (Fsp3) is 0.583. The molecule has 0 radical (unpaired) electrons. The number of carboxylic acids is 1. The highest BCUT2D eigenvalue weighted by Crippen LogP contribution is 2.25. The SMILES string of the molecule is C=CCl.CC(=CC1CCCCC1)C(=O)O. The zero-order chi connectivity index (χ0) is 11.7. The summed E-state index contributed by atoms with van der Waals surface area (Å²) < 4.78 is 0. The van der Waals surface area contributed by atoms with Crippen LogP contribution in [0.3, 0.4) is 0 Å². The molecule has 86 valence electrons. The molecule has 2 nitrogen and oxygen atoms in total. The molecule has 0 spiro atoms. The van der Waals surface area contributed by atoms with Crippen LogP contribution in [0.4, 0.5) is 0 Å². The van der Waals surface area contributed by atoms with Gasteiger partial charge in [0.15, 0.2) is 0 Å². The summed E-state index contributed by atoms with van der Waals surface area (Å²) >= 11 is 4.76. The van der Waals surface area contributed by atoms with E-state index < -0.39 is 5.97 Å². The van der Waals surface area contributed by atoms with Gasteiger partial charge in [-0.3, -0.25) is 0 Å². The van der Waals surface area contributed by atoms with Crippen LogP contribution in [0, 0.1) is 5.92 Å². The van der Waals surface area contributed by atoms with E-state index in [2.05, 4.69) is 6.58 Å². The summed E-state index contributed by atoms with van der Waals surface area (Å²) in [6, 6.07) is 0. The number of halogens is 1. The molecule has 1 saturated carbocycles. The van der Waals surface area contributed by atoms with Gasteiger partial charge in [0.2, 0.25) is 0 Å². The van der Waals surface area contributed by atoms with Crippen molar-refractivity contribution < 1.29 is 9.90 Å². The van der Waals surface area contributed by atoms with Gasteiger partial charge in [0.1, 0.15) is 0 Å². The molecule has 0 atom stereocenters. The normalized spacial score (nSPS) is 17.6. The van der Waals surface area contributed by atoms with Crippen LogP contribution in [-0.4, -0.2) is 11.1 Å². The summed E-state index contributed by atoms with van der Waals surface area (Å²) in [4.78, 5) is 10.5. The van der Waals surface area contributed by atoms with Crippen molar-refractivity contribution in [2.45, 2.75) is 39.0 Å². The summed E-state index contributed by atoms with van der Waals surface area (Å²) in [5.41, 5.74) is 1.72. The molecular weight excluding hydrogens is 212 g/mol. The van der Waals surface area contributed by atoms with Crippen LogP contribution in [0.15, 0.2) is 23.8 Å². The van der Waals surface area contributed by atoms with Gasteiger partial charge in [0.25, 0.3) is 0 Å². The Kier molecular flexibility index (Phi) is 8.11. The first-order valence-electron chi connectivity index (χ1n) is 5.24. The van der Waals surface area contributed by atoms with E-state index in [1.54, 1.807) is 6.92 Å². The molecule has 0 amide bonds. The lowest BCUT2D eigenvalue weighted by Crippen LogP contribution is -2.06. The topological polar surface area (TPSA) is 37.3 Å². The zero-order valence-corrected chi connectivity index (χ0v) is 9.96. The van der Waals surface area contributed by atoms with E-state index in [1.165, 1.54) is 37.6 Å². The molecule has 1 aliphatic rings. The minimum Gasteiger partial charge on any atom is -0.478 e. The number of carboxylic acid groups (broad SMARTS) is 1. The van der Waals surface area contributed by atoms with Crippen LogP contribution in [0.2, 0.25) is 0 Å². The highest BCUT2D eigenvalue weighted by Gasteiger charge is 2.12. The molecular formula is C12H19ClO2. The predicted octanol–water partition coefficient (Wildman–Crippen LogP) is 3.97. The quantitative estimate of drug-likeness (QED) is 0.729. The molecule has 1 aliphatic carbocycles. The first-order chi connectivity index (χ1) is 7.11. The molecule has 1 N–H and O–H groups in total. The van der Waals surface area contributed by atoms with E-state index in [1.807, 2.05) is 6.08 Å². The smallest absolute Gasteiger partial charge is 0.330 e. The number of hydrogen-bond donors (Lipinski definition) is 1. The van der Waals surface area contributed by atoms with E-state index in [4.69, 9.17) is 16.7 Å².